The van der Waals surface area contributed by atoms with E-state index in [1.54, 1.807) is 6.92 Å². The van der Waals surface area contributed by atoms with E-state index in [2.05, 4.69) is 5.32 Å². The number of fused-ring (bicyclic) bond motifs is 2. The molecule has 2 aromatic rings. The number of aliphatic hydroxyl groups is 1. The second-order valence-corrected chi connectivity index (χ2v) is 15.1. The summed E-state index contributed by atoms with van der Waals surface area (Å²) < 4.78 is 51.6. The van der Waals surface area contributed by atoms with E-state index in [1.807, 2.05) is 44.2 Å². The highest BCUT2D eigenvalue weighted by molar-refractivity contribution is 7.89. The highest BCUT2D eigenvalue weighted by Gasteiger charge is 2.44. The van der Waals surface area contributed by atoms with Crippen LogP contribution in [0.1, 0.15) is 51.2 Å². The summed E-state index contributed by atoms with van der Waals surface area (Å²) >= 11 is 0. The largest absolute Gasteiger partial charge is 0.562 e. The van der Waals surface area contributed by atoms with Crippen molar-refractivity contribution in [2.24, 2.45) is 17.8 Å². The summed E-state index contributed by atoms with van der Waals surface area (Å²) in [4.78, 5) is 25.4. The summed E-state index contributed by atoms with van der Waals surface area (Å²) in [5.41, 5.74) is 1.76. The zero-order valence-corrected chi connectivity index (χ0v) is 27.9. The van der Waals surface area contributed by atoms with Gasteiger partial charge in [-0.2, -0.15) is 4.31 Å². The number of aryl methyl sites for hydroxylation is 1. The Morgan fingerprint density at radius 2 is 1.89 bits per heavy atom. The molecular weight excluding hydrogens is 627 g/mol. The van der Waals surface area contributed by atoms with E-state index in [0.717, 1.165) is 5.56 Å². The molecule has 2 aromatic carbocycles. The molecule has 1 amide bonds. The van der Waals surface area contributed by atoms with Gasteiger partial charge in [0.15, 0.2) is 6.29 Å². The van der Waals surface area contributed by atoms with Gasteiger partial charge < -0.3 is 34.3 Å². The maximum Gasteiger partial charge on any atom is 0.562 e. The predicted octanol–water partition coefficient (Wildman–Crippen LogP) is 2.00. The van der Waals surface area contributed by atoms with E-state index in [0.29, 0.717) is 43.3 Å². The number of alkyl carbamates (subject to hydrolysis) is 1. The SMILES string of the molecule is CC(C)CN(CC(O)C(Cc1ccccc1)NC(=O)OC1COC2OCCC12)S(=O)(=O)c1ccc2c(c1)CCCC(C)C(=O)OB2O. The Hall–Kier alpha value is -3.01. The molecule has 6 unspecified atom stereocenters. The quantitative estimate of drug-likeness (QED) is 0.301. The number of nitrogens with one attached hydrogen (secondary N) is 1. The maximum absolute atomic E-state index is 14.2. The number of hydrogen-bond donors (Lipinski definition) is 3. The molecule has 0 bridgehead atoms. The average molecular weight is 673 g/mol. The zero-order chi connectivity index (χ0) is 33.7. The van der Waals surface area contributed by atoms with Crippen molar-refractivity contribution >= 4 is 34.7 Å². The van der Waals surface area contributed by atoms with Crippen molar-refractivity contribution in [1.29, 1.82) is 0 Å². The van der Waals surface area contributed by atoms with Crippen molar-refractivity contribution in [3.8, 4) is 0 Å². The third-order valence-corrected chi connectivity index (χ3v) is 10.8. The topological polar surface area (TPSA) is 161 Å². The van der Waals surface area contributed by atoms with Crippen LogP contribution in [0.15, 0.2) is 53.4 Å². The number of rotatable bonds is 11. The number of carbonyl (C=O) groups excluding carboxylic acids is 2. The summed E-state index contributed by atoms with van der Waals surface area (Å²) in [6.45, 7) is 6.06. The first-order valence-electron chi connectivity index (χ1n) is 16.4. The fourth-order valence-corrected chi connectivity index (χ4v) is 8.06. The molecule has 0 radical (unpaired) electrons. The number of nitrogens with zero attached hydrogens (tertiary/aromatic N) is 1. The number of aliphatic hydroxyl groups excluding tert-OH is 1. The number of ether oxygens (including phenoxy) is 3. The Labute approximate surface area is 276 Å². The minimum atomic E-state index is -4.15. The van der Waals surface area contributed by atoms with Crippen molar-refractivity contribution in [2.75, 3.05) is 26.3 Å². The fourth-order valence-electron chi connectivity index (χ4n) is 6.39. The van der Waals surface area contributed by atoms with E-state index >= 15 is 0 Å². The standard InChI is InChI=1S/C33H45BN2O10S/c1-21(2)18-36(47(41,42)25-12-13-27-24(17-25)11-7-8-22(3)31(38)46-34(27)40)19-29(37)28(16-23-9-5-4-6-10-23)35-33(39)45-30-20-44-32-26(30)14-15-43-32/h4-6,9-10,12-13,17,21-22,26,28-30,32,37,40H,7-8,11,14-16,18-20H2,1-3H3,(H,35,39). The van der Waals surface area contributed by atoms with Gasteiger partial charge in [-0.05, 0) is 61.3 Å². The molecule has 3 aliphatic heterocycles. The van der Waals surface area contributed by atoms with Gasteiger partial charge in [-0.3, -0.25) is 4.79 Å². The minimum Gasteiger partial charge on any atom is -0.506 e. The van der Waals surface area contributed by atoms with Crippen LogP contribution < -0.4 is 10.8 Å². The van der Waals surface area contributed by atoms with E-state index in [1.165, 1.54) is 22.5 Å². The number of sulfonamides is 1. The Morgan fingerprint density at radius 3 is 2.64 bits per heavy atom. The molecule has 3 heterocycles. The molecule has 0 aromatic heterocycles. The first-order valence-corrected chi connectivity index (χ1v) is 17.8. The highest BCUT2D eigenvalue weighted by atomic mass is 32.2. The molecule has 0 spiro atoms. The molecule has 3 N–H and O–H groups in total. The second kappa shape index (κ2) is 15.5. The van der Waals surface area contributed by atoms with Gasteiger partial charge in [0.05, 0.1) is 42.1 Å². The lowest BCUT2D eigenvalue weighted by atomic mass is 9.75. The van der Waals surface area contributed by atoms with Crippen LogP contribution >= 0.6 is 0 Å². The van der Waals surface area contributed by atoms with Crippen molar-refractivity contribution in [3.63, 3.8) is 0 Å². The lowest BCUT2D eigenvalue weighted by molar-refractivity contribution is -0.139. The smallest absolute Gasteiger partial charge is 0.506 e. The van der Waals surface area contributed by atoms with E-state index in [9.17, 15) is 28.1 Å². The summed E-state index contributed by atoms with van der Waals surface area (Å²) in [7, 11) is -5.65. The van der Waals surface area contributed by atoms with Crippen LogP contribution in [0.25, 0.3) is 0 Å². The number of hydrogen-bond acceptors (Lipinski definition) is 10. The van der Waals surface area contributed by atoms with Crippen LogP contribution in [0.4, 0.5) is 4.79 Å². The molecule has 6 atom stereocenters. The summed E-state index contributed by atoms with van der Waals surface area (Å²) in [5, 5.41) is 25.0. The molecule has 256 valence electrons. The van der Waals surface area contributed by atoms with E-state index in [-0.39, 0.29) is 48.8 Å². The van der Waals surface area contributed by atoms with E-state index < -0.39 is 53.7 Å². The molecule has 47 heavy (non-hydrogen) atoms. The molecule has 14 heteroatoms. The van der Waals surface area contributed by atoms with Gasteiger partial charge in [-0.15, -0.1) is 0 Å². The van der Waals surface area contributed by atoms with Gasteiger partial charge in [0.25, 0.3) is 5.97 Å². The van der Waals surface area contributed by atoms with Gasteiger partial charge in [-0.25, -0.2) is 13.2 Å². The van der Waals surface area contributed by atoms with Gasteiger partial charge in [-0.1, -0.05) is 57.2 Å². The maximum atomic E-state index is 14.2. The van der Waals surface area contributed by atoms with Crippen LogP contribution in [0.5, 0.6) is 0 Å². The lowest BCUT2D eigenvalue weighted by Gasteiger charge is -2.31. The monoisotopic (exact) mass is 672 g/mol. The molecule has 0 aliphatic carbocycles. The Morgan fingerprint density at radius 1 is 1.13 bits per heavy atom. The molecule has 2 fully saturated rings. The minimum absolute atomic E-state index is 0.00327. The Bertz CT molecular complexity index is 1490. The van der Waals surface area contributed by atoms with Crippen LogP contribution in [-0.2, 0) is 46.5 Å². The molecular formula is C33H45BN2O10S. The molecule has 3 aliphatic rings. The first-order chi connectivity index (χ1) is 22.4. The average Bonchev–Trinajstić information content (AvgIpc) is 3.66. The third kappa shape index (κ3) is 8.73. The van der Waals surface area contributed by atoms with Crippen molar-refractivity contribution in [3.05, 3.63) is 59.7 Å². The zero-order valence-electron chi connectivity index (χ0n) is 27.1. The van der Waals surface area contributed by atoms with Crippen molar-refractivity contribution in [2.45, 2.75) is 82.3 Å². The summed E-state index contributed by atoms with van der Waals surface area (Å²) in [6.07, 6.45) is -0.353. The van der Waals surface area contributed by atoms with Crippen LogP contribution in [0.3, 0.4) is 0 Å². The van der Waals surface area contributed by atoms with Crippen molar-refractivity contribution < 1.29 is 47.0 Å². The normalized spacial score (nSPS) is 24.5. The van der Waals surface area contributed by atoms with Crippen LogP contribution in [-0.4, -0.2) is 92.9 Å². The second-order valence-electron chi connectivity index (χ2n) is 13.1. The van der Waals surface area contributed by atoms with Crippen LogP contribution in [0.2, 0.25) is 0 Å². The molecule has 12 nitrogen and oxygen atoms in total. The molecule has 5 rings (SSSR count). The number of amides is 1. The summed E-state index contributed by atoms with van der Waals surface area (Å²) in [5.74, 6) is -1.03. The Kier molecular flexibility index (Phi) is 11.6. The predicted molar refractivity (Wildman–Crippen MR) is 173 cm³/mol. The van der Waals surface area contributed by atoms with Crippen LogP contribution in [0, 0.1) is 17.8 Å². The Balaban J connectivity index is 1.36. The van der Waals surface area contributed by atoms with Gasteiger partial charge in [0.1, 0.15) is 6.10 Å². The van der Waals surface area contributed by atoms with E-state index in [4.69, 9.17) is 18.9 Å². The molecule has 2 saturated heterocycles. The van der Waals surface area contributed by atoms with Gasteiger partial charge in [0.2, 0.25) is 10.0 Å². The fraction of sp³-hybridized carbons (Fsp3) is 0.576. The molecule has 0 saturated carbocycles. The number of carbonyl (C=O) groups is 2. The first kappa shape index (κ1) is 35.3. The lowest BCUT2D eigenvalue weighted by Crippen LogP contribution is -2.51. The van der Waals surface area contributed by atoms with Gasteiger partial charge in [0, 0.05) is 18.6 Å². The third-order valence-electron chi connectivity index (χ3n) is 9.00. The number of benzene rings is 2. The summed E-state index contributed by atoms with van der Waals surface area (Å²) in [6, 6.07) is 12.8. The van der Waals surface area contributed by atoms with Crippen molar-refractivity contribution in [1.82, 2.24) is 9.62 Å². The van der Waals surface area contributed by atoms with Gasteiger partial charge >= 0.3 is 13.2 Å². The highest BCUT2D eigenvalue weighted by Crippen LogP contribution is 2.33.